The number of amides is 2. The quantitative estimate of drug-likeness (QED) is 0.320. The molecule has 2 N–H and O–H groups in total. The van der Waals surface area contributed by atoms with Crippen molar-refractivity contribution in [1.82, 2.24) is 10.2 Å². The van der Waals surface area contributed by atoms with E-state index in [1.807, 2.05) is 0 Å². The Bertz CT molecular complexity index is 1150. The maximum atomic E-state index is 14.7. The molecule has 2 atom stereocenters. The third-order valence-corrected chi connectivity index (χ3v) is 6.57. The van der Waals surface area contributed by atoms with Crippen molar-refractivity contribution in [2.24, 2.45) is 0 Å². The van der Waals surface area contributed by atoms with Gasteiger partial charge in [0.1, 0.15) is 11.6 Å². The number of carbonyl (C=O) groups is 2. The summed E-state index contributed by atoms with van der Waals surface area (Å²) >= 11 is 5.76. The Morgan fingerprint density at radius 1 is 1.20 bits per heavy atom. The van der Waals surface area contributed by atoms with Gasteiger partial charge in [-0.2, -0.15) is 0 Å². The highest BCUT2D eigenvalue weighted by atomic mass is 35.5. The van der Waals surface area contributed by atoms with Crippen molar-refractivity contribution in [2.45, 2.75) is 44.2 Å². The molecule has 1 saturated heterocycles. The first-order chi connectivity index (χ1) is 16.6. The zero-order valence-corrected chi connectivity index (χ0v) is 19.6. The molecule has 2 amide bonds. The number of nitrogens with zero attached hydrogens (tertiary/aromatic N) is 1. The van der Waals surface area contributed by atoms with Crippen LogP contribution in [0.3, 0.4) is 0 Å². The average molecular weight is 514 g/mol. The van der Waals surface area contributed by atoms with Crippen molar-refractivity contribution in [3.8, 4) is 0 Å². The summed E-state index contributed by atoms with van der Waals surface area (Å²) < 4.78 is 60.9. The van der Waals surface area contributed by atoms with E-state index in [0.717, 1.165) is 11.0 Å². The second-order valence-electron chi connectivity index (χ2n) is 8.74. The van der Waals surface area contributed by atoms with Gasteiger partial charge in [0.2, 0.25) is 5.91 Å². The van der Waals surface area contributed by atoms with Gasteiger partial charge in [-0.15, -0.1) is 0 Å². The number of likely N-dealkylation sites (tertiary alicyclic amines) is 1. The Kier molecular flexibility index (Phi) is 7.35. The van der Waals surface area contributed by atoms with Crippen LogP contribution in [0.4, 0.5) is 23.2 Å². The summed E-state index contributed by atoms with van der Waals surface area (Å²) in [7, 11) is 0. The molecule has 35 heavy (non-hydrogen) atoms. The molecule has 0 radical (unpaired) electrons. The summed E-state index contributed by atoms with van der Waals surface area (Å²) in [6.45, 7) is 0.498. The molecule has 1 unspecified atom stereocenters. The van der Waals surface area contributed by atoms with Gasteiger partial charge in [0.05, 0.1) is 30.9 Å². The fourth-order valence-electron chi connectivity index (χ4n) is 4.67. The second-order valence-corrected chi connectivity index (χ2v) is 9.15. The van der Waals surface area contributed by atoms with E-state index in [-0.39, 0.29) is 23.9 Å². The Morgan fingerprint density at radius 3 is 2.66 bits per heavy atom. The van der Waals surface area contributed by atoms with Crippen molar-refractivity contribution in [1.29, 1.82) is 0 Å². The predicted molar refractivity (Wildman–Crippen MR) is 122 cm³/mol. The highest BCUT2D eigenvalue weighted by Gasteiger charge is 2.46. The van der Waals surface area contributed by atoms with Crippen molar-refractivity contribution in [3.05, 3.63) is 63.7 Å². The molecule has 4 rings (SSSR count). The number of hydrogen-bond donors (Lipinski definition) is 2. The number of alkyl halides is 2. The van der Waals surface area contributed by atoms with Crippen LogP contribution in [0.5, 0.6) is 0 Å². The molecule has 0 spiro atoms. The smallest absolute Gasteiger partial charge is 0.267 e. The number of rotatable bonds is 7. The van der Waals surface area contributed by atoms with Gasteiger partial charge in [-0.25, -0.2) is 17.6 Å². The normalized spacial score (nSPS) is 20.7. The summed E-state index contributed by atoms with van der Waals surface area (Å²) in [5.41, 5.74) is 1.48. The maximum Gasteiger partial charge on any atom is 0.267 e. The van der Waals surface area contributed by atoms with Crippen LogP contribution < -0.4 is 10.6 Å². The highest BCUT2D eigenvalue weighted by Crippen LogP contribution is 2.36. The molecule has 6 nitrogen and oxygen atoms in total. The molecule has 1 heterocycles. The summed E-state index contributed by atoms with van der Waals surface area (Å²) in [5.74, 6) is -4.96. The number of carbonyl (C=O) groups excluding carboxylic acids is 2. The standard InChI is InChI=1S/C24H24ClF4N3O3/c1-13(33)32-11-24(28,29)9-15(32)10-35-12-30-21-7-4-16-17(3-6-20(27)22(16)21)23(34)31-14-2-5-19(26)18(25)8-14/h2-3,5-6,8,15,21,30H,4,7,9-12H2,1H3,(H,31,34)/t15?,21-/m0/s1. The summed E-state index contributed by atoms with van der Waals surface area (Å²) in [5, 5.41) is 5.56. The molecule has 2 aromatic rings. The fourth-order valence-corrected chi connectivity index (χ4v) is 4.85. The SMILES string of the molecule is CC(=O)N1CC(F)(F)CC1COCN[C@H]1CCc2c(C(=O)Nc3ccc(F)c(Cl)c3)ccc(F)c21. The van der Waals surface area contributed by atoms with Crippen LogP contribution in [-0.4, -0.2) is 48.6 Å². The molecule has 1 aliphatic heterocycles. The minimum atomic E-state index is -2.95. The summed E-state index contributed by atoms with van der Waals surface area (Å²) in [6, 6.07) is 5.22. The molecular weight excluding hydrogens is 490 g/mol. The third-order valence-electron chi connectivity index (χ3n) is 6.28. The van der Waals surface area contributed by atoms with Crippen LogP contribution >= 0.6 is 11.6 Å². The lowest BCUT2D eigenvalue weighted by Gasteiger charge is -2.23. The predicted octanol–water partition coefficient (Wildman–Crippen LogP) is 4.68. The van der Waals surface area contributed by atoms with Crippen LogP contribution in [0.2, 0.25) is 5.02 Å². The Labute approximate surface area is 204 Å². The van der Waals surface area contributed by atoms with Crippen LogP contribution in [0.15, 0.2) is 30.3 Å². The first kappa shape index (κ1) is 25.4. The molecule has 0 saturated carbocycles. The van der Waals surface area contributed by atoms with Crippen molar-refractivity contribution >= 4 is 29.1 Å². The Morgan fingerprint density at radius 2 is 1.94 bits per heavy atom. The monoisotopic (exact) mass is 513 g/mol. The van der Waals surface area contributed by atoms with Crippen molar-refractivity contribution < 1.29 is 31.9 Å². The van der Waals surface area contributed by atoms with Crippen molar-refractivity contribution in [2.75, 3.05) is 25.2 Å². The van der Waals surface area contributed by atoms with Crippen LogP contribution in [0, 0.1) is 11.6 Å². The van der Waals surface area contributed by atoms with E-state index in [0.29, 0.717) is 29.7 Å². The average Bonchev–Trinajstić information content (AvgIpc) is 3.35. The van der Waals surface area contributed by atoms with Gasteiger partial charge in [0.25, 0.3) is 11.8 Å². The lowest BCUT2D eigenvalue weighted by molar-refractivity contribution is -0.131. The molecule has 0 aromatic heterocycles. The van der Waals surface area contributed by atoms with E-state index in [9.17, 15) is 27.2 Å². The molecule has 188 valence electrons. The summed E-state index contributed by atoms with van der Waals surface area (Å²) in [6.07, 6.45) is 0.471. The molecule has 0 bridgehead atoms. The van der Waals surface area contributed by atoms with E-state index < -0.39 is 54.4 Å². The number of anilines is 1. The van der Waals surface area contributed by atoms with E-state index in [1.54, 1.807) is 0 Å². The number of nitrogens with one attached hydrogen (secondary N) is 2. The number of hydrogen-bond acceptors (Lipinski definition) is 4. The van der Waals surface area contributed by atoms with Crippen LogP contribution in [-0.2, 0) is 16.0 Å². The lowest BCUT2D eigenvalue weighted by atomic mass is 10.0. The second kappa shape index (κ2) is 10.1. The minimum Gasteiger partial charge on any atom is -0.364 e. The maximum absolute atomic E-state index is 14.7. The molecule has 1 fully saturated rings. The first-order valence-electron chi connectivity index (χ1n) is 11.1. The topological polar surface area (TPSA) is 70.7 Å². The van der Waals surface area contributed by atoms with Gasteiger partial charge in [0, 0.05) is 36.2 Å². The van der Waals surface area contributed by atoms with Gasteiger partial charge in [-0.05, 0) is 48.7 Å². The van der Waals surface area contributed by atoms with E-state index in [4.69, 9.17) is 16.3 Å². The minimum absolute atomic E-state index is 0.0398. The first-order valence-corrected chi connectivity index (χ1v) is 11.5. The zero-order chi connectivity index (χ0) is 25.3. The van der Waals surface area contributed by atoms with Gasteiger partial charge in [-0.1, -0.05) is 11.6 Å². The molecule has 2 aliphatic rings. The highest BCUT2D eigenvalue weighted by molar-refractivity contribution is 6.31. The largest absolute Gasteiger partial charge is 0.364 e. The number of fused-ring (bicyclic) bond motifs is 1. The van der Waals surface area contributed by atoms with Gasteiger partial charge in [-0.3, -0.25) is 14.9 Å². The Hall–Kier alpha value is -2.69. The fraction of sp³-hybridized carbons (Fsp3) is 0.417. The van der Waals surface area contributed by atoms with Gasteiger partial charge < -0.3 is 15.0 Å². The third kappa shape index (κ3) is 5.60. The van der Waals surface area contributed by atoms with Crippen LogP contribution in [0.1, 0.15) is 47.3 Å². The lowest BCUT2D eigenvalue weighted by Crippen LogP contribution is -2.38. The Balaban J connectivity index is 1.38. The number of benzene rings is 2. The van der Waals surface area contributed by atoms with Gasteiger partial charge in [0.15, 0.2) is 0 Å². The van der Waals surface area contributed by atoms with E-state index >= 15 is 0 Å². The van der Waals surface area contributed by atoms with Gasteiger partial charge >= 0.3 is 0 Å². The van der Waals surface area contributed by atoms with E-state index in [1.165, 1.54) is 31.2 Å². The molecule has 2 aromatic carbocycles. The molecule has 1 aliphatic carbocycles. The van der Waals surface area contributed by atoms with Crippen molar-refractivity contribution in [3.63, 3.8) is 0 Å². The number of halogens is 5. The van der Waals surface area contributed by atoms with E-state index in [2.05, 4.69) is 10.6 Å². The zero-order valence-electron chi connectivity index (χ0n) is 18.8. The van der Waals surface area contributed by atoms with Crippen LogP contribution in [0.25, 0.3) is 0 Å². The molecule has 11 heteroatoms. The molecular formula is C24H24ClF4N3O3. The summed E-state index contributed by atoms with van der Waals surface area (Å²) in [4.78, 5) is 25.5. The number of ether oxygens (including phenoxy) is 1.